The molecule has 0 aliphatic rings. The number of nitrogens with zero attached hydrogens (tertiary/aromatic N) is 2. The minimum absolute atomic E-state index is 0.0992. The minimum Gasteiger partial charge on any atom is -0.736 e. The van der Waals surface area contributed by atoms with E-state index in [2.05, 4.69) is 42.5 Å². The van der Waals surface area contributed by atoms with E-state index >= 15 is 0 Å². The highest BCUT2D eigenvalue weighted by Crippen LogP contribution is 2.54. The van der Waals surface area contributed by atoms with Crippen LogP contribution < -0.4 is 21.3 Å². The van der Waals surface area contributed by atoms with Crippen LogP contribution in [0.4, 0.5) is 0 Å². The molecule has 0 aliphatic carbocycles. The molecule has 3 aromatic carbocycles. The van der Waals surface area contributed by atoms with E-state index in [1.807, 2.05) is 54.6 Å². The molecule has 0 saturated carbocycles. The summed E-state index contributed by atoms with van der Waals surface area (Å²) in [5.41, 5.74) is 0.747. The van der Waals surface area contributed by atoms with Gasteiger partial charge >= 0.3 is 0 Å². The van der Waals surface area contributed by atoms with Crippen LogP contribution >= 0.6 is 7.26 Å². The lowest BCUT2D eigenvalue weighted by molar-refractivity contribution is 0.437. The van der Waals surface area contributed by atoms with Crippen molar-refractivity contribution in [3.8, 4) is 6.07 Å². The summed E-state index contributed by atoms with van der Waals surface area (Å²) in [4.78, 5) is 4.76. The summed E-state index contributed by atoms with van der Waals surface area (Å²) in [5, 5.41) is 12.9. The Balaban J connectivity index is 2.12. The first-order valence-corrected chi connectivity index (χ1v) is 11.1. The highest BCUT2D eigenvalue weighted by Gasteiger charge is 2.50. The van der Waals surface area contributed by atoms with E-state index < -0.39 is 7.26 Å². The Morgan fingerprint density at radius 1 is 0.786 bits per heavy atom. The Hall–Kier alpha value is -2.99. The Labute approximate surface area is 170 Å². The molecule has 0 unspecified atom stereocenters. The van der Waals surface area contributed by atoms with Gasteiger partial charge in [0, 0.05) is 5.09 Å². The van der Waals surface area contributed by atoms with E-state index in [0.29, 0.717) is 11.0 Å². The van der Waals surface area contributed by atoms with Crippen LogP contribution in [0.2, 0.25) is 0 Å². The molecule has 0 aliphatic heterocycles. The van der Waals surface area contributed by atoms with Gasteiger partial charge in [0.05, 0.1) is 6.07 Å². The number of hydrogen-bond acceptors (Lipinski definition) is 4. The van der Waals surface area contributed by atoms with Crippen molar-refractivity contribution in [3.63, 3.8) is 0 Å². The molecule has 28 heavy (non-hydrogen) atoms. The zero-order valence-corrected chi connectivity index (χ0v) is 16.7. The second-order valence-electron chi connectivity index (χ2n) is 6.23. The highest BCUT2D eigenvalue weighted by molar-refractivity contribution is 8.01. The fourth-order valence-corrected chi connectivity index (χ4v) is 8.08. The Bertz CT molecular complexity index is 1010. The summed E-state index contributed by atoms with van der Waals surface area (Å²) < 4.78 is 5.73. The summed E-state index contributed by atoms with van der Waals surface area (Å²) in [5.74, 6) is 0.370. The monoisotopic (exact) mass is 400 g/mol. The smallest absolute Gasteiger partial charge is 0.216 e. The molecule has 0 radical (unpaired) electrons. The van der Waals surface area contributed by atoms with Crippen molar-refractivity contribution in [1.82, 2.24) is 4.98 Å². The van der Waals surface area contributed by atoms with Crippen LogP contribution in [0.5, 0.6) is 0 Å². The van der Waals surface area contributed by atoms with E-state index in [1.165, 1.54) is 0 Å². The quantitative estimate of drug-likeness (QED) is 0.381. The van der Waals surface area contributed by atoms with Gasteiger partial charge < -0.3 is 17.0 Å². The van der Waals surface area contributed by atoms with Gasteiger partial charge in [-0.2, -0.15) is 10.2 Å². The minimum atomic E-state index is -2.36. The molecular weight excluding hydrogens is 383 g/mol. The third-order valence-corrected chi connectivity index (χ3v) is 9.19. The first-order chi connectivity index (χ1) is 13.8. The van der Waals surface area contributed by atoms with E-state index in [-0.39, 0.29) is 6.42 Å². The second-order valence-corrected chi connectivity index (χ2v) is 9.92. The molecule has 0 saturated heterocycles. The maximum Gasteiger partial charge on any atom is 0.216 e. The van der Waals surface area contributed by atoms with E-state index in [9.17, 15) is 0 Å². The lowest BCUT2D eigenvalue weighted by Gasteiger charge is -2.26. The van der Waals surface area contributed by atoms with Crippen molar-refractivity contribution in [2.24, 2.45) is 0 Å². The molecule has 3 nitrogen and oxygen atoms in total. The zero-order chi connectivity index (χ0) is 19.4. The van der Waals surface area contributed by atoms with Crippen LogP contribution in [0.25, 0.3) is 0 Å². The zero-order valence-electron chi connectivity index (χ0n) is 15.0. The van der Waals surface area contributed by atoms with Crippen molar-refractivity contribution in [2.75, 3.05) is 0 Å². The number of nitriles is 1. The van der Waals surface area contributed by atoms with Crippen molar-refractivity contribution < 1.29 is 4.42 Å². The molecule has 0 amide bonds. The summed E-state index contributed by atoms with van der Waals surface area (Å²) >= 11 is 5.62. The van der Waals surface area contributed by atoms with Gasteiger partial charge in [0.15, 0.2) is 7.26 Å². The number of oxazole rings is 1. The van der Waals surface area contributed by atoms with Gasteiger partial charge in [0.2, 0.25) is 11.3 Å². The largest absolute Gasteiger partial charge is 0.736 e. The molecule has 4 rings (SSSR count). The summed E-state index contributed by atoms with van der Waals surface area (Å²) in [6, 6.07) is 33.1. The topological polar surface area (TPSA) is 49.8 Å². The molecule has 0 fully saturated rings. The van der Waals surface area contributed by atoms with Gasteiger partial charge in [-0.05, 0) is 36.4 Å². The van der Waals surface area contributed by atoms with Crippen molar-refractivity contribution in [2.45, 2.75) is 11.5 Å². The average molecular weight is 400 g/mol. The normalized spacial score (nSPS) is 11.1. The molecule has 1 aromatic heterocycles. The van der Waals surface area contributed by atoms with Crippen molar-refractivity contribution in [3.05, 3.63) is 96.9 Å². The average Bonchev–Trinajstić information content (AvgIpc) is 3.12. The van der Waals surface area contributed by atoms with Crippen LogP contribution in [0.3, 0.4) is 0 Å². The van der Waals surface area contributed by atoms with Gasteiger partial charge in [-0.3, -0.25) is 0 Å². The fourth-order valence-electron chi connectivity index (χ4n) is 3.46. The SMILES string of the molecule is N#CCc1nc([P+](c2ccccc2)(c2ccccc2)c2ccccc2)c([S-])o1. The molecule has 0 bridgehead atoms. The fraction of sp³-hybridized carbons (Fsp3) is 0.0435. The van der Waals surface area contributed by atoms with E-state index in [0.717, 1.165) is 21.3 Å². The first-order valence-electron chi connectivity index (χ1n) is 8.87. The molecule has 5 heteroatoms. The maximum atomic E-state index is 9.10. The van der Waals surface area contributed by atoms with Crippen LogP contribution in [-0.4, -0.2) is 4.98 Å². The molecule has 1 heterocycles. The number of benzene rings is 3. The van der Waals surface area contributed by atoms with Crippen LogP contribution in [0.15, 0.2) is 101 Å². The number of rotatable bonds is 5. The second kappa shape index (κ2) is 7.94. The van der Waals surface area contributed by atoms with Gasteiger partial charge in [0.1, 0.15) is 22.3 Å². The summed E-state index contributed by atoms with van der Waals surface area (Å²) in [6.07, 6.45) is 0.0992. The summed E-state index contributed by atoms with van der Waals surface area (Å²) in [7, 11) is -2.36. The molecular formula is C23H17N2OPS. The molecule has 0 N–H and O–H groups in total. The maximum absolute atomic E-state index is 9.10. The van der Waals surface area contributed by atoms with E-state index in [4.69, 9.17) is 27.3 Å². The predicted octanol–water partition coefficient (Wildman–Crippen LogP) is 3.27. The number of hydrogen-bond donors (Lipinski definition) is 0. The lowest BCUT2D eigenvalue weighted by atomic mass is 10.4. The third-order valence-electron chi connectivity index (χ3n) is 4.60. The van der Waals surface area contributed by atoms with Crippen LogP contribution in [0, 0.1) is 11.3 Å². The Morgan fingerprint density at radius 2 is 1.21 bits per heavy atom. The van der Waals surface area contributed by atoms with Crippen molar-refractivity contribution in [1.29, 1.82) is 5.26 Å². The van der Waals surface area contributed by atoms with E-state index in [1.54, 1.807) is 0 Å². The third kappa shape index (κ3) is 3.10. The lowest BCUT2D eigenvalue weighted by Crippen LogP contribution is -2.40. The highest BCUT2D eigenvalue weighted by atomic mass is 32.1. The van der Waals surface area contributed by atoms with Gasteiger partial charge in [0.25, 0.3) is 0 Å². The molecule has 0 spiro atoms. The molecule has 4 aromatic rings. The van der Waals surface area contributed by atoms with Gasteiger partial charge in [-0.15, -0.1) is 0 Å². The van der Waals surface area contributed by atoms with Gasteiger partial charge in [-0.25, -0.2) is 0 Å². The first kappa shape index (κ1) is 18.4. The van der Waals surface area contributed by atoms with Crippen LogP contribution in [-0.2, 0) is 19.0 Å². The predicted molar refractivity (Wildman–Crippen MR) is 116 cm³/mol. The van der Waals surface area contributed by atoms with Crippen molar-refractivity contribution >= 4 is 41.2 Å². The van der Waals surface area contributed by atoms with Crippen LogP contribution in [0.1, 0.15) is 5.89 Å². The Morgan fingerprint density at radius 3 is 1.61 bits per heavy atom. The van der Waals surface area contributed by atoms with Gasteiger partial charge in [-0.1, -0.05) is 54.6 Å². The molecule has 136 valence electrons. The molecule has 0 atom stereocenters. The number of aromatic nitrogens is 1. The Kier molecular flexibility index (Phi) is 5.21. The standard InChI is InChI=1S/C23H17N2OPS/c24-17-16-21-25-22(23(28)26-21)27(18-10-4-1-5-11-18,19-12-6-2-7-13-19)20-14-8-3-9-15-20/h1-15H,16H2. The summed E-state index contributed by atoms with van der Waals surface area (Å²) in [6.45, 7) is 0.